The second-order valence-electron chi connectivity index (χ2n) is 5.41. The Morgan fingerprint density at radius 3 is 3.10 bits per heavy atom. The summed E-state index contributed by atoms with van der Waals surface area (Å²) in [6.07, 6.45) is 2.61. The molecule has 0 spiro atoms. The Bertz CT molecular complexity index is 581. The van der Waals surface area contributed by atoms with Gasteiger partial charge in [0, 0.05) is 30.1 Å². The zero-order chi connectivity index (χ0) is 13.9. The van der Waals surface area contributed by atoms with E-state index in [-0.39, 0.29) is 0 Å². The fourth-order valence-corrected chi connectivity index (χ4v) is 3.39. The predicted octanol–water partition coefficient (Wildman–Crippen LogP) is 3.66. The molecule has 1 unspecified atom stereocenters. The molecule has 4 heteroatoms. The van der Waals surface area contributed by atoms with Crippen molar-refractivity contribution in [2.45, 2.75) is 32.4 Å². The SMILES string of the molecule is CCN1CCCC1CNCc1c(Cl)oc2ccccc12. The number of likely N-dealkylation sites (N-methyl/N-ethyl adjacent to an activating group) is 1. The summed E-state index contributed by atoms with van der Waals surface area (Å²) in [5.74, 6) is 0. The molecule has 0 aliphatic carbocycles. The van der Waals surface area contributed by atoms with Gasteiger partial charge in [0.2, 0.25) is 0 Å². The normalized spacial score (nSPS) is 20.0. The third kappa shape index (κ3) is 2.71. The van der Waals surface area contributed by atoms with Crippen LogP contribution in [0.1, 0.15) is 25.3 Å². The summed E-state index contributed by atoms with van der Waals surface area (Å²) in [6, 6.07) is 8.68. The van der Waals surface area contributed by atoms with Crippen LogP contribution in [-0.2, 0) is 6.54 Å². The zero-order valence-corrected chi connectivity index (χ0v) is 12.6. The summed E-state index contributed by atoms with van der Waals surface area (Å²) in [5, 5.41) is 5.17. The van der Waals surface area contributed by atoms with Crippen LogP contribution in [0.2, 0.25) is 5.22 Å². The van der Waals surface area contributed by atoms with Gasteiger partial charge in [-0.1, -0.05) is 25.1 Å². The van der Waals surface area contributed by atoms with Gasteiger partial charge in [-0.2, -0.15) is 0 Å². The molecule has 1 aromatic carbocycles. The minimum Gasteiger partial charge on any atom is -0.444 e. The quantitative estimate of drug-likeness (QED) is 0.911. The van der Waals surface area contributed by atoms with Crippen molar-refractivity contribution < 1.29 is 4.42 Å². The van der Waals surface area contributed by atoms with Crippen LogP contribution in [0.4, 0.5) is 0 Å². The van der Waals surface area contributed by atoms with E-state index in [0.29, 0.717) is 11.3 Å². The molecule has 0 amide bonds. The average Bonchev–Trinajstić information content (AvgIpc) is 3.03. The highest BCUT2D eigenvalue weighted by Crippen LogP contribution is 2.29. The Morgan fingerprint density at radius 2 is 2.25 bits per heavy atom. The van der Waals surface area contributed by atoms with E-state index in [4.69, 9.17) is 16.0 Å². The average molecular weight is 293 g/mol. The molecule has 1 aliphatic rings. The predicted molar refractivity (Wildman–Crippen MR) is 83.2 cm³/mol. The molecular formula is C16H21ClN2O. The van der Waals surface area contributed by atoms with Crippen LogP contribution >= 0.6 is 11.6 Å². The number of likely N-dealkylation sites (tertiary alicyclic amines) is 1. The monoisotopic (exact) mass is 292 g/mol. The van der Waals surface area contributed by atoms with Gasteiger partial charge in [0.15, 0.2) is 5.22 Å². The summed E-state index contributed by atoms with van der Waals surface area (Å²) >= 11 is 6.20. The van der Waals surface area contributed by atoms with Crippen molar-refractivity contribution in [1.29, 1.82) is 0 Å². The second-order valence-corrected chi connectivity index (χ2v) is 5.75. The van der Waals surface area contributed by atoms with E-state index in [1.165, 1.54) is 19.4 Å². The fraction of sp³-hybridized carbons (Fsp3) is 0.500. The molecule has 1 saturated heterocycles. The van der Waals surface area contributed by atoms with Crippen molar-refractivity contribution in [2.75, 3.05) is 19.6 Å². The Balaban J connectivity index is 1.64. The van der Waals surface area contributed by atoms with E-state index in [0.717, 1.165) is 36.2 Å². The summed E-state index contributed by atoms with van der Waals surface area (Å²) in [6.45, 7) is 6.40. The molecule has 2 heterocycles. The first-order chi connectivity index (χ1) is 9.79. The lowest BCUT2D eigenvalue weighted by atomic mass is 10.1. The van der Waals surface area contributed by atoms with Crippen molar-refractivity contribution in [3.8, 4) is 0 Å². The van der Waals surface area contributed by atoms with Gasteiger partial charge in [-0.15, -0.1) is 0 Å². The van der Waals surface area contributed by atoms with E-state index in [1.807, 2.05) is 18.2 Å². The molecule has 1 atom stereocenters. The first-order valence-electron chi connectivity index (χ1n) is 7.40. The topological polar surface area (TPSA) is 28.4 Å². The smallest absolute Gasteiger partial charge is 0.199 e. The van der Waals surface area contributed by atoms with E-state index in [1.54, 1.807) is 0 Å². The molecule has 0 bridgehead atoms. The summed E-state index contributed by atoms with van der Waals surface area (Å²) in [7, 11) is 0. The highest BCUT2D eigenvalue weighted by molar-refractivity contribution is 6.30. The van der Waals surface area contributed by atoms with E-state index in [9.17, 15) is 0 Å². The standard InChI is InChI=1S/C16H21ClN2O/c1-2-19-9-5-6-12(19)10-18-11-14-13-7-3-4-8-15(13)20-16(14)17/h3-4,7-8,12,18H,2,5-6,9-11H2,1H3. The molecule has 108 valence electrons. The molecule has 1 aromatic heterocycles. The Hall–Kier alpha value is -1.03. The molecule has 0 saturated carbocycles. The third-order valence-electron chi connectivity index (χ3n) is 4.24. The van der Waals surface area contributed by atoms with Crippen LogP contribution in [-0.4, -0.2) is 30.6 Å². The van der Waals surface area contributed by atoms with Crippen LogP contribution < -0.4 is 5.32 Å². The number of benzene rings is 1. The van der Waals surface area contributed by atoms with Crippen molar-refractivity contribution in [2.24, 2.45) is 0 Å². The Kier molecular flexibility index (Phi) is 4.29. The molecule has 0 radical (unpaired) electrons. The molecular weight excluding hydrogens is 272 g/mol. The molecule has 1 fully saturated rings. The number of halogens is 1. The molecule has 1 N–H and O–H groups in total. The lowest BCUT2D eigenvalue weighted by molar-refractivity contribution is 0.260. The number of para-hydroxylation sites is 1. The minimum absolute atomic E-state index is 0.512. The molecule has 3 nitrogen and oxygen atoms in total. The van der Waals surface area contributed by atoms with Crippen LogP contribution in [0.3, 0.4) is 0 Å². The van der Waals surface area contributed by atoms with Gasteiger partial charge in [0.1, 0.15) is 5.58 Å². The van der Waals surface area contributed by atoms with E-state index < -0.39 is 0 Å². The number of nitrogens with one attached hydrogen (secondary N) is 1. The van der Waals surface area contributed by atoms with Gasteiger partial charge in [0.25, 0.3) is 0 Å². The molecule has 1 aliphatic heterocycles. The van der Waals surface area contributed by atoms with Gasteiger partial charge in [0.05, 0.1) is 0 Å². The molecule has 20 heavy (non-hydrogen) atoms. The van der Waals surface area contributed by atoms with E-state index in [2.05, 4.69) is 23.2 Å². The van der Waals surface area contributed by atoms with Gasteiger partial charge in [-0.25, -0.2) is 0 Å². The first-order valence-corrected chi connectivity index (χ1v) is 7.78. The number of hydrogen-bond donors (Lipinski definition) is 1. The number of fused-ring (bicyclic) bond motifs is 1. The largest absolute Gasteiger partial charge is 0.444 e. The van der Waals surface area contributed by atoms with Crippen molar-refractivity contribution in [3.05, 3.63) is 35.0 Å². The third-order valence-corrected chi connectivity index (χ3v) is 4.54. The van der Waals surface area contributed by atoms with Gasteiger partial charge in [-0.05, 0) is 43.6 Å². The summed E-state index contributed by atoms with van der Waals surface area (Å²) in [4.78, 5) is 2.54. The number of hydrogen-bond acceptors (Lipinski definition) is 3. The van der Waals surface area contributed by atoms with Crippen LogP contribution in [0.15, 0.2) is 28.7 Å². The Labute approximate surface area is 124 Å². The van der Waals surface area contributed by atoms with Crippen LogP contribution in [0.5, 0.6) is 0 Å². The first kappa shape index (κ1) is 13.9. The lowest BCUT2D eigenvalue weighted by Gasteiger charge is -2.22. The Morgan fingerprint density at radius 1 is 1.40 bits per heavy atom. The van der Waals surface area contributed by atoms with Gasteiger partial charge >= 0.3 is 0 Å². The maximum absolute atomic E-state index is 6.20. The zero-order valence-electron chi connectivity index (χ0n) is 11.9. The minimum atomic E-state index is 0.512. The van der Waals surface area contributed by atoms with Crippen LogP contribution in [0, 0.1) is 0 Å². The van der Waals surface area contributed by atoms with Gasteiger partial charge < -0.3 is 9.73 Å². The number of nitrogens with zero attached hydrogens (tertiary/aromatic N) is 1. The van der Waals surface area contributed by atoms with Gasteiger partial charge in [-0.3, -0.25) is 4.90 Å². The maximum atomic E-state index is 6.20. The summed E-state index contributed by atoms with van der Waals surface area (Å²) in [5.41, 5.74) is 1.94. The number of rotatable bonds is 5. The molecule has 2 aromatic rings. The van der Waals surface area contributed by atoms with Crippen molar-refractivity contribution >= 4 is 22.6 Å². The lowest BCUT2D eigenvalue weighted by Crippen LogP contribution is -2.37. The van der Waals surface area contributed by atoms with Crippen LogP contribution in [0.25, 0.3) is 11.0 Å². The maximum Gasteiger partial charge on any atom is 0.199 e. The number of furan rings is 1. The second kappa shape index (κ2) is 6.17. The highest BCUT2D eigenvalue weighted by Gasteiger charge is 2.22. The van der Waals surface area contributed by atoms with Crippen molar-refractivity contribution in [1.82, 2.24) is 10.2 Å². The summed E-state index contributed by atoms with van der Waals surface area (Å²) < 4.78 is 5.58. The fourth-order valence-electron chi connectivity index (χ4n) is 3.14. The van der Waals surface area contributed by atoms with Crippen molar-refractivity contribution in [3.63, 3.8) is 0 Å². The highest BCUT2D eigenvalue weighted by atomic mass is 35.5. The van der Waals surface area contributed by atoms with E-state index >= 15 is 0 Å². The molecule has 3 rings (SSSR count).